The second-order valence-corrected chi connectivity index (χ2v) is 7.14. The SMILES string of the molecule is CC.CC.CC(CC(C)(C)C)C(=O)OCCOc1ccc2ccc(=O)oc2c1. The molecule has 5 heteroatoms. The highest BCUT2D eigenvalue weighted by atomic mass is 16.6. The van der Waals surface area contributed by atoms with E-state index in [-0.39, 0.29) is 30.5 Å². The van der Waals surface area contributed by atoms with Crippen LogP contribution in [0.1, 0.15) is 61.8 Å². The lowest BCUT2D eigenvalue weighted by Gasteiger charge is -2.22. The maximum Gasteiger partial charge on any atom is 0.336 e. The fourth-order valence-corrected chi connectivity index (χ4v) is 2.58. The zero-order valence-electron chi connectivity index (χ0n) is 18.6. The fraction of sp³-hybridized carbons (Fsp3) is 0.565. The Morgan fingerprint density at radius 3 is 2.25 bits per heavy atom. The van der Waals surface area contributed by atoms with Gasteiger partial charge in [0.15, 0.2) is 0 Å². The molecule has 5 nitrogen and oxygen atoms in total. The van der Waals surface area contributed by atoms with Crippen LogP contribution in [0.4, 0.5) is 0 Å². The van der Waals surface area contributed by atoms with Gasteiger partial charge in [-0.1, -0.05) is 55.4 Å². The maximum atomic E-state index is 11.9. The predicted octanol–water partition coefficient (Wildman–Crippen LogP) is 5.84. The first-order chi connectivity index (χ1) is 13.2. The van der Waals surface area contributed by atoms with Crippen molar-refractivity contribution in [1.82, 2.24) is 0 Å². The molecule has 0 amide bonds. The van der Waals surface area contributed by atoms with E-state index in [2.05, 4.69) is 20.8 Å². The number of rotatable bonds is 6. The Labute approximate surface area is 169 Å². The molecule has 0 bridgehead atoms. The van der Waals surface area contributed by atoms with E-state index >= 15 is 0 Å². The summed E-state index contributed by atoms with van der Waals surface area (Å²) < 4.78 is 15.9. The lowest BCUT2D eigenvalue weighted by molar-refractivity contribution is -0.149. The number of hydrogen-bond donors (Lipinski definition) is 0. The molecule has 1 heterocycles. The van der Waals surface area contributed by atoms with Crippen LogP contribution in [0.15, 0.2) is 39.5 Å². The molecule has 0 N–H and O–H groups in total. The van der Waals surface area contributed by atoms with Crippen molar-refractivity contribution >= 4 is 16.9 Å². The first-order valence-electron chi connectivity index (χ1n) is 10.1. The Morgan fingerprint density at radius 2 is 1.64 bits per heavy atom. The molecule has 0 saturated heterocycles. The van der Waals surface area contributed by atoms with E-state index in [1.807, 2.05) is 40.7 Å². The average molecular weight is 393 g/mol. The van der Waals surface area contributed by atoms with Crippen LogP contribution in [0.2, 0.25) is 0 Å². The highest BCUT2D eigenvalue weighted by Gasteiger charge is 2.21. The molecular weight excluding hydrogens is 356 g/mol. The van der Waals surface area contributed by atoms with Gasteiger partial charge in [0.2, 0.25) is 0 Å². The summed E-state index contributed by atoms with van der Waals surface area (Å²) in [5, 5.41) is 0.824. The number of esters is 1. The van der Waals surface area contributed by atoms with Gasteiger partial charge in [0.1, 0.15) is 24.5 Å². The molecule has 0 saturated carbocycles. The predicted molar refractivity (Wildman–Crippen MR) is 115 cm³/mol. The van der Waals surface area contributed by atoms with E-state index in [1.54, 1.807) is 18.2 Å². The number of fused-ring (bicyclic) bond motifs is 1. The molecule has 0 radical (unpaired) electrons. The summed E-state index contributed by atoms with van der Waals surface area (Å²) in [6, 6.07) is 8.32. The van der Waals surface area contributed by atoms with Crippen LogP contribution in [-0.4, -0.2) is 19.2 Å². The minimum atomic E-state index is -0.401. The van der Waals surface area contributed by atoms with Crippen LogP contribution >= 0.6 is 0 Å². The summed E-state index contributed by atoms with van der Waals surface area (Å²) in [4.78, 5) is 23.1. The van der Waals surface area contributed by atoms with Crippen molar-refractivity contribution < 1.29 is 18.7 Å². The zero-order chi connectivity index (χ0) is 21.7. The molecule has 0 fully saturated rings. The Balaban J connectivity index is 0.00000171. The summed E-state index contributed by atoms with van der Waals surface area (Å²) in [6.45, 7) is 16.6. The molecule has 28 heavy (non-hydrogen) atoms. The zero-order valence-corrected chi connectivity index (χ0v) is 18.6. The molecule has 2 rings (SSSR count). The lowest BCUT2D eigenvalue weighted by atomic mass is 9.85. The van der Waals surface area contributed by atoms with Gasteiger partial charge in [0.25, 0.3) is 0 Å². The van der Waals surface area contributed by atoms with E-state index in [1.165, 1.54) is 6.07 Å². The standard InChI is InChI=1S/C19H24O5.2C2H6/c1-13(12-19(2,3)4)18(21)23-10-9-22-15-7-5-14-6-8-17(20)24-16(14)11-15;2*1-2/h5-8,11,13H,9-10,12H2,1-4H3;2*1-2H3. The molecule has 0 aliphatic carbocycles. The number of carbonyl (C=O) groups is 1. The van der Waals surface area contributed by atoms with Gasteiger partial charge in [0.05, 0.1) is 5.92 Å². The van der Waals surface area contributed by atoms with Crippen molar-refractivity contribution in [2.45, 2.75) is 61.8 Å². The van der Waals surface area contributed by atoms with Gasteiger partial charge in [-0.25, -0.2) is 4.79 Å². The molecule has 1 atom stereocenters. The first kappa shape index (κ1) is 25.7. The second-order valence-electron chi connectivity index (χ2n) is 7.14. The largest absolute Gasteiger partial charge is 0.490 e. The quantitative estimate of drug-likeness (QED) is 0.351. The Kier molecular flexibility index (Phi) is 11.9. The van der Waals surface area contributed by atoms with Crippen molar-refractivity contribution in [2.75, 3.05) is 13.2 Å². The minimum absolute atomic E-state index is 0.0873. The molecule has 1 unspecified atom stereocenters. The van der Waals surface area contributed by atoms with Crippen LogP contribution < -0.4 is 10.4 Å². The Hall–Kier alpha value is -2.30. The topological polar surface area (TPSA) is 65.7 Å². The van der Waals surface area contributed by atoms with Crippen molar-refractivity contribution in [3.05, 3.63) is 40.8 Å². The molecule has 0 aliphatic heterocycles. The van der Waals surface area contributed by atoms with Gasteiger partial charge in [-0.3, -0.25) is 4.79 Å². The maximum absolute atomic E-state index is 11.9. The van der Waals surface area contributed by atoms with Gasteiger partial charge in [-0.05, 0) is 30.0 Å². The monoisotopic (exact) mass is 392 g/mol. The fourth-order valence-electron chi connectivity index (χ4n) is 2.58. The summed E-state index contributed by atoms with van der Waals surface area (Å²) in [7, 11) is 0. The van der Waals surface area contributed by atoms with Gasteiger partial charge in [0, 0.05) is 17.5 Å². The van der Waals surface area contributed by atoms with Gasteiger partial charge in [-0.15, -0.1) is 0 Å². The van der Waals surface area contributed by atoms with Gasteiger partial charge >= 0.3 is 11.6 Å². The molecule has 1 aromatic heterocycles. The van der Waals surface area contributed by atoms with E-state index in [9.17, 15) is 9.59 Å². The second kappa shape index (κ2) is 13.0. The number of hydrogen-bond acceptors (Lipinski definition) is 5. The Bertz CT molecular complexity index is 755. The number of benzene rings is 1. The first-order valence-corrected chi connectivity index (χ1v) is 10.1. The van der Waals surface area contributed by atoms with Crippen LogP contribution in [-0.2, 0) is 9.53 Å². The summed E-state index contributed by atoms with van der Waals surface area (Å²) in [6.07, 6.45) is 0.774. The van der Waals surface area contributed by atoms with Gasteiger partial charge < -0.3 is 13.9 Å². The molecule has 0 spiro atoms. The molecule has 158 valence electrons. The highest BCUT2D eigenvalue weighted by Crippen LogP contribution is 2.24. The third kappa shape index (κ3) is 9.58. The smallest absolute Gasteiger partial charge is 0.336 e. The highest BCUT2D eigenvalue weighted by molar-refractivity contribution is 5.77. The molecule has 1 aromatic carbocycles. The average Bonchev–Trinajstić information content (AvgIpc) is 2.66. The lowest BCUT2D eigenvalue weighted by Crippen LogP contribution is -2.22. The minimum Gasteiger partial charge on any atom is -0.490 e. The normalized spacial score (nSPS) is 11.4. The summed E-state index contributed by atoms with van der Waals surface area (Å²) in [5.41, 5.74) is 0.154. The van der Waals surface area contributed by atoms with Crippen LogP contribution in [0.25, 0.3) is 11.0 Å². The number of carbonyl (C=O) groups excluding carboxylic acids is 1. The van der Waals surface area contributed by atoms with E-state index in [4.69, 9.17) is 13.9 Å². The molecule has 0 aliphatic rings. The molecule has 2 aromatic rings. The summed E-state index contributed by atoms with van der Waals surface area (Å²) >= 11 is 0. The van der Waals surface area contributed by atoms with Crippen LogP contribution in [0.3, 0.4) is 0 Å². The summed E-state index contributed by atoms with van der Waals surface area (Å²) in [5.74, 6) is 0.216. The van der Waals surface area contributed by atoms with Crippen LogP contribution in [0, 0.1) is 11.3 Å². The van der Waals surface area contributed by atoms with E-state index in [0.29, 0.717) is 11.3 Å². The van der Waals surface area contributed by atoms with Crippen molar-refractivity contribution in [2.24, 2.45) is 11.3 Å². The Morgan fingerprint density at radius 1 is 1.04 bits per heavy atom. The van der Waals surface area contributed by atoms with E-state index < -0.39 is 5.63 Å². The van der Waals surface area contributed by atoms with Crippen molar-refractivity contribution in [3.63, 3.8) is 0 Å². The van der Waals surface area contributed by atoms with Crippen molar-refractivity contribution in [1.29, 1.82) is 0 Å². The van der Waals surface area contributed by atoms with Crippen LogP contribution in [0.5, 0.6) is 5.75 Å². The molecular formula is C23H36O5. The third-order valence-corrected chi connectivity index (χ3v) is 3.51. The van der Waals surface area contributed by atoms with Crippen molar-refractivity contribution in [3.8, 4) is 5.75 Å². The van der Waals surface area contributed by atoms with Gasteiger partial charge in [-0.2, -0.15) is 0 Å². The number of ether oxygens (including phenoxy) is 2. The van der Waals surface area contributed by atoms with E-state index in [0.717, 1.165) is 11.8 Å². The third-order valence-electron chi connectivity index (χ3n) is 3.51.